The number of amides is 1. The monoisotopic (exact) mass is 379 g/mol. The quantitative estimate of drug-likeness (QED) is 0.350. The zero-order valence-electron chi connectivity index (χ0n) is 15.3. The molecular formula is C16H29NO9. The number of hydrogen-bond donors (Lipinski definition) is 5. The molecule has 2 saturated heterocycles. The van der Waals surface area contributed by atoms with Gasteiger partial charge in [0.1, 0.15) is 42.7 Å². The van der Waals surface area contributed by atoms with Crippen LogP contribution in [0.3, 0.4) is 0 Å². The molecule has 2 rings (SSSR count). The maximum atomic E-state index is 11.6. The molecule has 0 spiro atoms. The van der Waals surface area contributed by atoms with Gasteiger partial charge in [-0.25, -0.2) is 0 Å². The van der Waals surface area contributed by atoms with E-state index >= 15 is 0 Å². The Morgan fingerprint density at radius 3 is 2.23 bits per heavy atom. The van der Waals surface area contributed by atoms with Gasteiger partial charge >= 0.3 is 0 Å². The molecule has 0 aliphatic carbocycles. The van der Waals surface area contributed by atoms with Crippen molar-refractivity contribution in [3.05, 3.63) is 0 Å². The summed E-state index contributed by atoms with van der Waals surface area (Å²) in [5.41, 5.74) is 0. The summed E-state index contributed by atoms with van der Waals surface area (Å²) in [5, 5.41) is 42.7. The summed E-state index contributed by atoms with van der Waals surface area (Å²) in [5.74, 6) is -0.397. The molecule has 5 unspecified atom stereocenters. The van der Waals surface area contributed by atoms with E-state index in [2.05, 4.69) is 5.32 Å². The van der Waals surface area contributed by atoms with Gasteiger partial charge in [-0.2, -0.15) is 0 Å². The number of nitrogens with one attached hydrogen (secondary N) is 1. The lowest BCUT2D eigenvalue weighted by Gasteiger charge is -2.47. The van der Waals surface area contributed by atoms with E-state index in [9.17, 15) is 25.2 Å². The van der Waals surface area contributed by atoms with Crippen molar-refractivity contribution in [3.8, 4) is 0 Å². The molecule has 10 heteroatoms. The summed E-state index contributed by atoms with van der Waals surface area (Å²) in [6.45, 7) is 4.11. The fourth-order valence-electron chi connectivity index (χ4n) is 3.45. The van der Waals surface area contributed by atoms with E-state index in [0.29, 0.717) is 0 Å². The predicted octanol–water partition coefficient (Wildman–Crippen LogP) is -2.50. The zero-order valence-corrected chi connectivity index (χ0v) is 15.3. The number of carbonyl (C=O) groups is 1. The maximum Gasteiger partial charge on any atom is 0.217 e. The molecule has 26 heavy (non-hydrogen) atoms. The summed E-state index contributed by atoms with van der Waals surface area (Å²) in [4.78, 5) is 11.6. The van der Waals surface area contributed by atoms with E-state index in [-0.39, 0.29) is 0 Å². The van der Waals surface area contributed by atoms with E-state index in [1.807, 2.05) is 0 Å². The first-order valence-corrected chi connectivity index (χ1v) is 8.62. The third-order valence-electron chi connectivity index (χ3n) is 4.85. The zero-order chi connectivity index (χ0) is 19.6. The van der Waals surface area contributed by atoms with Gasteiger partial charge < -0.3 is 44.7 Å². The molecule has 152 valence electrons. The summed E-state index contributed by atoms with van der Waals surface area (Å²) in [6, 6.07) is -0.897. The second-order valence-corrected chi connectivity index (χ2v) is 6.77. The highest BCUT2D eigenvalue weighted by Crippen LogP contribution is 2.29. The van der Waals surface area contributed by atoms with Crippen molar-refractivity contribution >= 4 is 5.91 Å². The van der Waals surface area contributed by atoms with Crippen molar-refractivity contribution in [2.75, 3.05) is 13.7 Å². The van der Waals surface area contributed by atoms with E-state index in [1.54, 1.807) is 13.8 Å². The van der Waals surface area contributed by atoms with Gasteiger partial charge in [0.2, 0.25) is 5.91 Å². The third-order valence-corrected chi connectivity index (χ3v) is 4.85. The lowest BCUT2D eigenvalue weighted by molar-refractivity contribution is -0.319. The number of aliphatic hydroxyl groups excluding tert-OH is 4. The Labute approximate surface area is 152 Å². The molecule has 5 N–H and O–H groups in total. The van der Waals surface area contributed by atoms with Gasteiger partial charge in [0.15, 0.2) is 6.29 Å². The fourth-order valence-corrected chi connectivity index (χ4v) is 3.45. The standard InChI is InChI=1S/C16H29NO9/c1-6-11(20)13(22)14(7(2)24-6)26-16-10(17-8(3)19)15(23-4)12(21)9(5-18)25-16/h6-7,9-16,18,20-22H,5H2,1-4H3,(H,17,19)/t6-,7?,9?,10?,11?,12+,13?,14-,15-,16-/m0/s1. The molecule has 0 bridgehead atoms. The number of aliphatic hydroxyl groups is 4. The van der Waals surface area contributed by atoms with Crippen LogP contribution in [0.25, 0.3) is 0 Å². The van der Waals surface area contributed by atoms with E-state index in [1.165, 1.54) is 14.0 Å². The van der Waals surface area contributed by atoms with Crippen LogP contribution in [0.5, 0.6) is 0 Å². The average Bonchev–Trinajstić information content (AvgIpc) is 2.58. The SMILES string of the molecule is CO[C@H]1C(NC(C)=O)[C@H](O[C@H]2C(C)O[C@@H](C)C(O)C2O)OC(CO)[C@H]1O. The predicted molar refractivity (Wildman–Crippen MR) is 87.1 cm³/mol. The molecule has 2 aliphatic rings. The van der Waals surface area contributed by atoms with Crippen molar-refractivity contribution < 1.29 is 44.2 Å². The number of carbonyl (C=O) groups excluding carboxylic acids is 1. The lowest BCUT2D eigenvalue weighted by Crippen LogP contribution is -2.67. The Hall–Kier alpha value is -0.850. The van der Waals surface area contributed by atoms with Crippen molar-refractivity contribution in [1.82, 2.24) is 5.32 Å². The summed E-state index contributed by atoms with van der Waals surface area (Å²) in [7, 11) is 1.35. The van der Waals surface area contributed by atoms with Crippen LogP contribution in [0.1, 0.15) is 20.8 Å². The molecular weight excluding hydrogens is 350 g/mol. The van der Waals surface area contributed by atoms with Gasteiger partial charge in [0.05, 0.1) is 18.8 Å². The Kier molecular flexibility index (Phi) is 7.34. The molecule has 2 aliphatic heterocycles. The third kappa shape index (κ3) is 4.34. The van der Waals surface area contributed by atoms with Crippen LogP contribution in [0.15, 0.2) is 0 Å². The second kappa shape index (κ2) is 8.89. The molecule has 0 saturated carbocycles. The highest BCUT2D eigenvalue weighted by molar-refractivity contribution is 5.73. The first-order valence-electron chi connectivity index (χ1n) is 8.62. The second-order valence-electron chi connectivity index (χ2n) is 6.77. The fraction of sp³-hybridized carbons (Fsp3) is 0.938. The van der Waals surface area contributed by atoms with E-state index in [4.69, 9.17) is 18.9 Å². The van der Waals surface area contributed by atoms with Crippen molar-refractivity contribution in [2.45, 2.75) is 81.9 Å². The van der Waals surface area contributed by atoms with Crippen molar-refractivity contribution in [1.29, 1.82) is 0 Å². The average molecular weight is 379 g/mol. The summed E-state index contributed by atoms with van der Waals surface area (Å²) >= 11 is 0. The number of methoxy groups -OCH3 is 1. The normalized spacial score (nSPS) is 46.8. The number of ether oxygens (including phenoxy) is 4. The Morgan fingerprint density at radius 2 is 1.69 bits per heavy atom. The molecule has 0 aromatic rings. The lowest BCUT2D eigenvalue weighted by atomic mass is 9.94. The van der Waals surface area contributed by atoms with Crippen LogP contribution < -0.4 is 5.32 Å². The highest BCUT2D eigenvalue weighted by Gasteiger charge is 2.50. The van der Waals surface area contributed by atoms with Gasteiger partial charge in [-0.1, -0.05) is 0 Å². The molecule has 0 aromatic carbocycles. The first kappa shape index (κ1) is 21.5. The first-order chi connectivity index (χ1) is 12.2. The minimum Gasteiger partial charge on any atom is -0.394 e. The Morgan fingerprint density at radius 1 is 1.04 bits per heavy atom. The molecule has 0 aromatic heterocycles. The molecule has 2 fully saturated rings. The van der Waals surface area contributed by atoms with Crippen LogP contribution in [-0.4, -0.2) is 101 Å². The van der Waals surface area contributed by atoms with Crippen LogP contribution >= 0.6 is 0 Å². The van der Waals surface area contributed by atoms with Crippen molar-refractivity contribution in [2.24, 2.45) is 0 Å². The molecule has 10 atom stereocenters. The maximum absolute atomic E-state index is 11.6. The minimum absolute atomic E-state index is 0.397. The smallest absolute Gasteiger partial charge is 0.217 e. The molecule has 10 nitrogen and oxygen atoms in total. The van der Waals surface area contributed by atoms with Crippen molar-refractivity contribution in [3.63, 3.8) is 0 Å². The molecule has 0 radical (unpaired) electrons. The summed E-state index contributed by atoms with van der Waals surface area (Å²) < 4.78 is 22.3. The van der Waals surface area contributed by atoms with Gasteiger partial charge in [-0.15, -0.1) is 0 Å². The van der Waals surface area contributed by atoms with Gasteiger partial charge in [0, 0.05) is 14.0 Å². The van der Waals surface area contributed by atoms with E-state index in [0.717, 1.165) is 0 Å². The van der Waals surface area contributed by atoms with Crippen LogP contribution in [0, 0.1) is 0 Å². The minimum atomic E-state index is -1.24. The highest BCUT2D eigenvalue weighted by atomic mass is 16.7. The molecule has 1 amide bonds. The van der Waals surface area contributed by atoms with Crippen LogP contribution in [-0.2, 0) is 23.7 Å². The van der Waals surface area contributed by atoms with Crippen LogP contribution in [0.4, 0.5) is 0 Å². The number of hydrogen-bond acceptors (Lipinski definition) is 9. The van der Waals surface area contributed by atoms with E-state index < -0.39 is 73.7 Å². The van der Waals surface area contributed by atoms with Gasteiger partial charge in [-0.3, -0.25) is 4.79 Å². The Balaban J connectivity index is 2.23. The van der Waals surface area contributed by atoms with Gasteiger partial charge in [0.25, 0.3) is 0 Å². The molecule has 2 heterocycles. The largest absolute Gasteiger partial charge is 0.394 e. The number of rotatable bonds is 5. The Bertz CT molecular complexity index is 479. The van der Waals surface area contributed by atoms with Gasteiger partial charge in [-0.05, 0) is 13.8 Å². The summed E-state index contributed by atoms with van der Waals surface area (Å²) in [6.07, 6.45) is -8.73. The topological polar surface area (TPSA) is 147 Å². The van der Waals surface area contributed by atoms with Crippen LogP contribution in [0.2, 0.25) is 0 Å².